The van der Waals surface area contributed by atoms with Crippen LogP contribution in [0.1, 0.15) is 48.1 Å². The summed E-state index contributed by atoms with van der Waals surface area (Å²) in [6.45, 7) is 0.489. The van der Waals surface area contributed by atoms with Crippen LogP contribution in [0.4, 0.5) is 18.9 Å². The summed E-state index contributed by atoms with van der Waals surface area (Å²) in [6.07, 6.45) is -0.991. The number of sulfonamides is 1. The fourth-order valence-corrected chi connectivity index (χ4v) is 6.22. The molecule has 2 aliphatic rings. The van der Waals surface area contributed by atoms with Crippen LogP contribution in [0, 0.1) is 5.92 Å². The van der Waals surface area contributed by atoms with Crippen LogP contribution in [0.25, 0.3) is 0 Å². The van der Waals surface area contributed by atoms with Gasteiger partial charge in [0.25, 0.3) is 0 Å². The second-order valence-corrected chi connectivity index (χ2v) is 11.4. The summed E-state index contributed by atoms with van der Waals surface area (Å²) < 4.78 is 76.1. The summed E-state index contributed by atoms with van der Waals surface area (Å²) in [5.74, 6) is -0.183. The predicted octanol–water partition coefficient (Wildman–Crippen LogP) is 4.31. The van der Waals surface area contributed by atoms with Crippen molar-refractivity contribution < 1.29 is 26.3 Å². The van der Waals surface area contributed by atoms with Gasteiger partial charge in [-0.1, -0.05) is 30.3 Å². The Hall–Kier alpha value is -2.96. The second-order valence-electron chi connectivity index (χ2n) is 9.43. The van der Waals surface area contributed by atoms with Crippen LogP contribution < -0.4 is 10.0 Å². The molecular formula is C25H28F3N5O3S. The third kappa shape index (κ3) is 5.97. The third-order valence-corrected chi connectivity index (χ3v) is 8.36. The van der Waals surface area contributed by atoms with Gasteiger partial charge in [0.05, 0.1) is 29.6 Å². The van der Waals surface area contributed by atoms with Crippen LogP contribution in [-0.4, -0.2) is 41.6 Å². The Morgan fingerprint density at radius 2 is 1.95 bits per heavy atom. The fraction of sp³-hybridized carbons (Fsp3) is 0.440. The first-order valence-electron chi connectivity index (χ1n) is 12.2. The van der Waals surface area contributed by atoms with Gasteiger partial charge in [-0.15, -0.1) is 0 Å². The van der Waals surface area contributed by atoms with Gasteiger partial charge < -0.3 is 10.1 Å². The molecule has 3 aromatic rings. The topological polar surface area (TPSA) is 98.1 Å². The van der Waals surface area contributed by atoms with Gasteiger partial charge in [-0.3, -0.25) is 4.68 Å². The van der Waals surface area contributed by atoms with Crippen molar-refractivity contribution in [2.24, 2.45) is 5.92 Å². The van der Waals surface area contributed by atoms with Gasteiger partial charge in [0.1, 0.15) is 12.7 Å². The molecule has 12 heteroatoms. The lowest BCUT2D eigenvalue weighted by atomic mass is 9.76. The van der Waals surface area contributed by atoms with Crippen LogP contribution in [0.15, 0.2) is 61.2 Å². The number of hydrogen-bond donors (Lipinski definition) is 2. The lowest BCUT2D eigenvalue weighted by molar-refractivity contribution is -0.138. The molecule has 1 aromatic heterocycles. The van der Waals surface area contributed by atoms with E-state index in [1.807, 2.05) is 30.3 Å². The summed E-state index contributed by atoms with van der Waals surface area (Å²) in [6, 6.07) is 13.3. The van der Waals surface area contributed by atoms with Crippen LogP contribution in [0.3, 0.4) is 0 Å². The van der Waals surface area contributed by atoms with E-state index in [0.29, 0.717) is 37.1 Å². The van der Waals surface area contributed by atoms with E-state index in [1.54, 1.807) is 4.68 Å². The zero-order valence-corrected chi connectivity index (χ0v) is 20.8. The van der Waals surface area contributed by atoms with Gasteiger partial charge in [-0.2, -0.15) is 18.3 Å². The van der Waals surface area contributed by atoms with Crippen LogP contribution in [-0.2, 0) is 27.5 Å². The van der Waals surface area contributed by atoms with Gasteiger partial charge >= 0.3 is 6.18 Å². The number of rotatable bonds is 8. The number of hydrogen-bond acceptors (Lipinski definition) is 6. The molecule has 2 aliphatic heterocycles. The molecule has 8 nitrogen and oxygen atoms in total. The van der Waals surface area contributed by atoms with E-state index in [4.69, 9.17) is 4.74 Å². The minimum Gasteiger partial charge on any atom is -0.378 e. The van der Waals surface area contributed by atoms with E-state index < -0.39 is 34.0 Å². The summed E-state index contributed by atoms with van der Waals surface area (Å²) in [5, 5.41) is 7.38. The smallest absolute Gasteiger partial charge is 0.378 e. The van der Waals surface area contributed by atoms with Crippen molar-refractivity contribution in [1.29, 1.82) is 0 Å². The Morgan fingerprint density at radius 3 is 2.68 bits per heavy atom. The van der Waals surface area contributed by atoms with Crippen LogP contribution >= 0.6 is 0 Å². The first-order chi connectivity index (χ1) is 17.7. The monoisotopic (exact) mass is 535 g/mol. The van der Waals surface area contributed by atoms with Crippen LogP contribution in [0.2, 0.25) is 0 Å². The highest BCUT2D eigenvalue weighted by molar-refractivity contribution is 7.89. The zero-order chi connectivity index (χ0) is 26.0. The van der Waals surface area contributed by atoms with Crippen molar-refractivity contribution >= 4 is 15.7 Å². The van der Waals surface area contributed by atoms with E-state index in [2.05, 4.69) is 20.1 Å². The lowest BCUT2D eigenvalue weighted by Crippen LogP contribution is -2.43. The maximum atomic E-state index is 13.5. The van der Waals surface area contributed by atoms with Crippen molar-refractivity contribution in [3.05, 3.63) is 77.9 Å². The summed E-state index contributed by atoms with van der Waals surface area (Å²) in [5.41, 5.74) is 1.34. The highest BCUT2D eigenvalue weighted by atomic mass is 32.2. The van der Waals surface area contributed by atoms with Gasteiger partial charge in [0.2, 0.25) is 10.0 Å². The molecule has 37 heavy (non-hydrogen) atoms. The van der Waals surface area contributed by atoms with Gasteiger partial charge in [0, 0.05) is 30.3 Å². The van der Waals surface area contributed by atoms with Crippen molar-refractivity contribution in [1.82, 2.24) is 19.5 Å². The molecule has 1 fully saturated rings. The lowest BCUT2D eigenvalue weighted by Gasteiger charge is -2.46. The maximum Gasteiger partial charge on any atom is 0.416 e. The SMILES string of the molecule is O=S(=O)(CCCn1cncn1)NC[C@H]1CC[C@@H]2[C@H](O1)c1cc(C(F)(F)F)ccc1N[C@H]2c1ccccc1. The minimum absolute atomic E-state index is 0.0621. The van der Waals surface area contributed by atoms with E-state index >= 15 is 0 Å². The average molecular weight is 536 g/mol. The highest BCUT2D eigenvalue weighted by Gasteiger charge is 2.43. The molecule has 1 saturated heterocycles. The number of nitrogens with one attached hydrogen (secondary N) is 2. The molecule has 0 spiro atoms. The number of aromatic nitrogens is 3. The second kappa shape index (κ2) is 10.4. The van der Waals surface area contributed by atoms with Gasteiger partial charge in [-0.25, -0.2) is 18.1 Å². The first-order valence-corrected chi connectivity index (χ1v) is 13.8. The number of fused-ring (bicyclic) bond motifs is 3. The third-order valence-electron chi connectivity index (χ3n) is 6.93. The van der Waals surface area contributed by atoms with Gasteiger partial charge in [0.15, 0.2) is 0 Å². The van der Waals surface area contributed by atoms with E-state index in [9.17, 15) is 21.6 Å². The molecule has 0 radical (unpaired) electrons. The van der Waals surface area contributed by atoms with Crippen molar-refractivity contribution in [2.75, 3.05) is 17.6 Å². The van der Waals surface area contributed by atoms with E-state index in [0.717, 1.165) is 17.7 Å². The average Bonchev–Trinajstić information content (AvgIpc) is 3.40. The predicted molar refractivity (Wildman–Crippen MR) is 131 cm³/mol. The first kappa shape index (κ1) is 25.7. The summed E-state index contributed by atoms with van der Waals surface area (Å²) in [7, 11) is -3.56. The Kier molecular flexibility index (Phi) is 7.24. The molecule has 0 unspecified atom stereocenters. The molecular weight excluding hydrogens is 507 g/mol. The summed E-state index contributed by atoms with van der Waals surface area (Å²) in [4.78, 5) is 3.83. The van der Waals surface area contributed by atoms with Crippen molar-refractivity contribution in [2.45, 2.75) is 50.2 Å². The van der Waals surface area contributed by atoms with Gasteiger partial charge in [-0.05, 0) is 43.0 Å². The standard InChI is InChI=1S/C25H28F3N5O3S/c26-25(27,28)18-7-10-22-21(13-18)24-20(23(32-22)17-5-2-1-3-6-17)9-8-19(36-24)14-31-37(34,35)12-4-11-33-16-29-15-30-33/h1-3,5-7,10,13,15-16,19-20,23-24,31-32H,4,8-9,11-12,14H2/t19-,20+,23+,24+/m1/s1. The zero-order valence-electron chi connectivity index (χ0n) is 19.9. The number of ether oxygens (including phenoxy) is 1. The Balaban J connectivity index is 1.31. The number of anilines is 1. The molecule has 5 rings (SSSR count). The summed E-state index contributed by atoms with van der Waals surface area (Å²) >= 11 is 0. The molecule has 2 N–H and O–H groups in total. The number of aryl methyl sites for hydroxylation is 1. The molecule has 0 amide bonds. The maximum absolute atomic E-state index is 13.5. The quantitative estimate of drug-likeness (QED) is 0.446. The van der Waals surface area contributed by atoms with Crippen LogP contribution in [0.5, 0.6) is 0 Å². The Morgan fingerprint density at radius 1 is 1.14 bits per heavy atom. The van der Waals surface area contributed by atoms with E-state index in [-0.39, 0.29) is 24.3 Å². The van der Waals surface area contributed by atoms with Crippen molar-refractivity contribution in [3.63, 3.8) is 0 Å². The molecule has 0 bridgehead atoms. The number of benzene rings is 2. The number of alkyl halides is 3. The normalized spacial score (nSPS) is 23.6. The number of nitrogens with zero attached hydrogens (tertiary/aromatic N) is 3. The molecule has 0 aliphatic carbocycles. The number of halogens is 3. The molecule has 2 aromatic carbocycles. The van der Waals surface area contributed by atoms with Crippen molar-refractivity contribution in [3.8, 4) is 0 Å². The van der Waals surface area contributed by atoms with E-state index in [1.165, 1.54) is 18.7 Å². The molecule has 0 saturated carbocycles. The Bertz CT molecular complexity index is 1300. The molecule has 4 atom stereocenters. The molecule has 3 heterocycles. The minimum atomic E-state index is -4.48. The highest BCUT2D eigenvalue weighted by Crippen LogP contribution is 2.51. The Labute approximate surface area is 213 Å². The molecule has 198 valence electrons. The fourth-order valence-electron chi connectivity index (χ4n) is 5.13. The largest absolute Gasteiger partial charge is 0.416 e.